The van der Waals surface area contributed by atoms with Crippen LogP contribution in [0.4, 0.5) is 13.2 Å². The number of halogens is 3. The van der Waals surface area contributed by atoms with Gasteiger partial charge in [-0.25, -0.2) is 4.98 Å². The van der Waals surface area contributed by atoms with Crippen molar-refractivity contribution in [3.63, 3.8) is 0 Å². The Balaban J connectivity index is 2.05. The van der Waals surface area contributed by atoms with E-state index in [9.17, 15) is 22.8 Å². The number of ether oxygens (including phenoxy) is 1. The highest BCUT2D eigenvalue weighted by molar-refractivity contribution is 5.94. The quantitative estimate of drug-likeness (QED) is 0.718. The summed E-state index contributed by atoms with van der Waals surface area (Å²) in [6, 6.07) is 4.54. The maximum absolute atomic E-state index is 12.5. The average molecular weight is 409 g/mol. The molecule has 9 heteroatoms. The van der Waals surface area contributed by atoms with Gasteiger partial charge >= 0.3 is 6.18 Å². The summed E-state index contributed by atoms with van der Waals surface area (Å²) in [4.78, 5) is 32.0. The van der Waals surface area contributed by atoms with Crippen LogP contribution in [0, 0.1) is 6.92 Å². The SMILES string of the molecule is CCC(=O)Cc1cc(C(C)NC(=O)c2cnc(OCC(F)(F)F)c(C)c2)ccn1. The second-order valence-corrected chi connectivity index (χ2v) is 6.59. The Bertz CT molecular complexity index is 885. The Morgan fingerprint density at radius 1 is 1.24 bits per heavy atom. The van der Waals surface area contributed by atoms with Gasteiger partial charge in [-0.2, -0.15) is 13.2 Å². The Labute approximate surface area is 166 Å². The highest BCUT2D eigenvalue weighted by atomic mass is 19.4. The van der Waals surface area contributed by atoms with Crippen LogP contribution >= 0.6 is 0 Å². The van der Waals surface area contributed by atoms with Gasteiger partial charge in [-0.1, -0.05) is 6.92 Å². The van der Waals surface area contributed by atoms with Crippen molar-refractivity contribution in [3.05, 3.63) is 53.0 Å². The minimum absolute atomic E-state index is 0.0701. The molecule has 0 aromatic carbocycles. The van der Waals surface area contributed by atoms with Crippen LogP contribution < -0.4 is 10.1 Å². The van der Waals surface area contributed by atoms with Crippen molar-refractivity contribution < 1.29 is 27.5 Å². The standard InChI is InChI=1S/C20H22F3N3O3/c1-4-17(27)9-16-8-14(5-6-24-16)13(3)26-18(28)15-7-12(2)19(25-10-15)29-11-20(21,22)23/h5-8,10,13H,4,9,11H2,1-3H3,(H,26,28). The molecule has 1 N–H and O–H groups in total. The molecule has 1 amide bonds. The van der Waals surface area contributed by atoms with E-state index in [1.54, 1.807) is 32.2 Å². The minimum Gasteiger partial charge on any atom is -0.468 e. The average Bonchev–Trinajstić information content (AvgIpc) is 2.66. The van der Waals surface area contributed by atoms with Crippen LogP contribution in [0.1, 0.15) is 53.5 Å². The molecular formula is C20H22F3N3O3. The molecule has 2 aromatic heterocycles. The van der Waals surface area contributed by atoms with E-state index in [0.717, 1.165) is 5.56 Å². The first-order chi connectivity index (χ1) is 13.6. The number of ketones is 1. The summed E-state index contributed by atoms with van der Waals surface area (Å²) in [5.74, 6) is -0.537. The number of aryl methyl sites for hydroxylation is 1. The van der Waals surface area contributed by atoms with Crippen LogP contribution in [0.5, 0.6) is 5.88 Å². The number of aromatic nitrogens is 2. The van der Waals surface area contributed by atoms with Gasteiger partial charge in [0.05, 0.1) is 11.6 Å². The van der Waals surface area contributed by atoms with E-state index < -0.39 is 18.7 Å². The lowest BCUT2D eigenvalue weighted by atomic mass is 10.1. The molecule has 29 heavy (non-hydrogen) atoms. The third kappa shape index (κ3) is 6.85. The molecule has 0 spiro atoms. The molecular weight excluding hydrogens is 387 g/mol. The van der Waals surface area contributed by atoms with Crippen molar-refractivity contribution in [1.82, 2.24) is 15.3 Å². The van der Waals surface area contributed by atoms with Crippen molar-refractivity contribution in [2.45, 2.75) is 45.8 Å². The number of hydrogen-bond donors (Lipinski definition) is 1. The van der Waals surface area contributed by atoms with Crippen molar-refractivity contribution in [3.8, 4) is 5.88 Å². The maximum atomic E-state index is 12.5. The van der Waals surface area contributed by atoms with Gasteiger partial charge < -0.3 is 10.1 Å². The van der Waals surface area contributed by atoms with E-state index in [4.69, 9.17) is 0 Å². The van der Waals surface area contributed by atoms with Crippen molar-refractivity contribution in [2.24, 2.45) is 0 Å². The molecule has 1 atom stereocenters. The molecule has 2 rings (SSSR count). The largest absolute Gasteiger partial charge is 0.468 e. The van der Waals surface area contributed by atoms with Crippen LogP contribution in [0.15, 0.2) is 30.6 Å². The number of amides is 1. The zero-order valence-electron chi connectivity index (χ0n) is 16.3. The van der Waals surface area contributed by atoms with Gasteiger partial charge in [0.15, 0.2) is 6.61 Å². The third-order valence-corrected chi connectivity index (χ3v) is 4.13. The highest BCUT2D eigenvalue weighted by Crippen LogP contribution is 2.21. The van der Waals surface area contributed by atoms with Crippen LogP contribution in [0.25, 0.3) is 0 Å². The monoisotopic (exact) mass is 409 g/mol. The van der Waals surface area contributed by atoms with Crippen molar-refractivity contribution >= 4 is 11.7 Å². The molecule has 0 aliphatic carbocycles. The van der Waals surface area contributed by atoms with E-state index in [1.165, 1.54) is 19.2 Å². The Hall–Kier alpha value is -2.97. The van der Waals surface area contributed by atoms with E-state index in [2.05, 4.69) is 20.0 Å². The zero-order valence-corrected chi connectivity index (χ0v) is 16.3. The number of carbonyl (C=O) groups is 2. The molecule has 0 fully saturated rings. The summed E-state index contributed by atoms with van der Waals surface area (Å²) >= 11 is 0. The first-order valence-electron chi connectivity index (χ1n) is 9.02. The van der Waals surface area contributed by atoms with Gasteiger partial charge in [-0.3, -0.25) is 14.6 Å². The molecule has 6 nitrogen and oxygen atoms in total. The number of rotatable bonds is 8. The van der Waals surface area contributed by atoms with E-state index >= 15 is 0 Å². The number of pyridine rings is 2. The highest BCUT2D eigenvalue weighted by Gasteiger charge is 2.29. The van der Waals surface area contributed by atoms with Crippen molar-refractivity contribution in [2.75, 3.05) is 6.61 Å². The van der Waals surface area contributed by atoms with Gasteiger partial charge in [0.1, 0.15) is 5.78 Å². The van der Waals surface area contributed by atoms with Gasteiger partial charge in [0.25, 0.3) is 5.91 Å². The fourth-order valence-electron chi connectivity index (χ4n) is 2.54. The molecule has 0 saturated heterocycles. The summed E-state index contributed by atoms with van der Waals surface area (Å²) in [5.41, 5.74) is 1.92. The molecule has 0 aliphatic heterocycles. The fraction of sp³-hybridized carbons (Fsp3) is 0.400. The molecule has 0 saturated carbocycles. The maximum Gasteiger partial charge on any atom is 0.422 e. The summed E-state index contributed by atoms with van der Waals surface area (Å²) in [5, 5.41) is 2.80. The van der Waals surface area contributed by atoms with Crippen molar-refractivity contribution in [1.29, 1.82) is 0 Å². The summed E-state index contributed by atoms with van der Waals surface area (Å²) in [7, 11) is 0. The Kier molecular flexibility index (Phi) is 7.30. The second kappa shape index (κ2) is 9.49. The fourth-order valence-corrected chi connectivity index (χ4v) is 2.54. The lowest BCUT2D eigenvalue weighted by Gasteiger charge is -2.16. The third-order valence-electron chi connectivity index (χ3n) is 4.13. The Morgan fingerprint density at radius 3 is 2.59 bits per heavy atom. The lowest BCUT2D eigenvalue weighted by Crippen LogP contribution is -2.27. The molecule has 2 aromatic rings. The number of Topliss-reactive ketones (excluding diaryl/α,β-unsaturated/α-hetero) is 1. The first-order valence-corrected chi connectivity index (χ1v) is 9.02. The molecule has 0 aliphatic rings. The van der Waals surface area contributed by atoms with E-state index in [1.807, 2.05) is 0 Å². The van der Waals surface area contributed by atoms with E-state index in [-0.39, 0.29) is 29.7 Å². The van der Waals surface area contributed by atoms with Gasteiger partial charge in [-0.05, 0) is 37.6 Å². The van der Waals surface area contributed by atoms with Gasteiger partial charge in [-0.15, -0.1) is 0 Å². The molecule has 0 radical (unpaired) electrons. The van der Waals surface area contributed by atoms with Crippen LogP contribution in [0.2, 0.25) is 0 Å². The molecule has 0 bridgehead atoms. The lowest BCUT2D eigenvalue weighted by molar-refractivity contribution is -0.154. The predicted molar refractivity (Wildman–Crippen MR) is 99.6 cm³/mol. The first kappa shape index (κ1) is 22.3. The molecule has 2 heterocycles. The number of alkyl halides is 3. The minimum atomic E-state index is -4.47. The number of hydrogen-bond acceptors (Lipinski definition) is 5. The number of carbonyl (C=O) groups excluding carboxylic acids is 2. The predicted octanol–water partition coefficient (Wildman–Crippen LogP) is 3.74. The number of nitrogens with one attached hydrogen (secondary N) is 1. The molecule has 1 unspecified atom stereocenters. The zero-order chi connectivity index (χ0) is 21.6. The summed E-state index contributed by atoms with van der Waals surface area (Å²) in [6.07, 6.45) is -1.07. The topological polar surface area (TPSA) is 81.2 Å². The van der Waals surface area contributed by atoms with E-state index in [0.29, 0.717) is 17.7 Å². The summed E-state index contributed by atoms with van der Waals surface area (Å²) in [6.45, 7) is 3.62. The summed E-state index contributed by atoms with van der Waals surface area (Å²) < 4.78 is 41.4. The van der Waals surface area contributed by atoms with Gasteiger partial charge in [0, 0.05) is 36.5 Å². The Morgan fingerprint density at radius 2 is 1.97 bits per heavy atom. The van der Waals surface area contributed by atoms with Crippen LogP contribution in [-0.2, 0) is 11.2 Å². The number of nitrogens with zero attached hydrogens (tertiary/aromatic N) is 2. The second-order valence-electron chi connectivity index (χ2n) is 6.59. The molecule has 156 valence electrons. The van der Waals surface area contributed by atoms with Crippen LogP contribution in [-0.4, -0.2) is 34.4 Å². The normalized spacial score (nSPS) is 12.3. The van der Waals surface area contributed by atoms with Gasteiger partial charge in [0.2, 0.25) is 5.88 Å². The smallest absolute Gasteiger partial charge is 0.422 e. The van der Waals surface area contributed by atoms with Crippen LogP contribution in [0.3, 0.4) is 0 Å².